The number of hydrogen-bond acceptors (Lipinski definition) is 3. The van der Waals surface area contributed by atoms with Gasteiger partial charge in [0, 0.05) is 13.6 Å². The third kappa shape index (κ3) is 2.56. The summed E-state index contributed by atoms with van der Waals surface area (Å²) in [6.07, 6.45) is 0.679. The summed E-state index contributed by atoms with van der Waals surface area (Å²) in [4.78, 5) is 22.3. The summed E-state index contributed by atoms with van der Waals surface area (Å²) in [5.74, 6) is -0.596. The SMILES string of the molecule is Cn1c(=O)oc2ccc(CCNC(=O)CCl)cc21. The quantitative estimate of drug-likeness (QED) is 0.843. The Morgan fingerprint density at radius 3 is 3.00 bits per heavy atom. The molecule has 2 rings (SSSR count). The number of aromatic nitrogens is 1. The molecule has 1 aromatic heterocycles. The van der Waals surface area contributed by atoms with E-state index in [-0.39, 0.29) is 17.5 Å². The molecule has 0 unspecified atom stereocenters. The van der Waals surface area contributed by atoms with Gasteiger partial charge in [-0.3, -0.25) is 9.36 Å². The summed E-state index contributed by atoms with van der Waals surface area (Å²) in [7, 11) is 1.66. The summed E-state index contributed by atoms with van der Waals surface area (Å²) in [5, 5.41) is 2.69. The van der Waals surface area contributed by atoms with E-state index in [2.05, 4.69) is 5.32 Å². The molecular formula is C12H13ClN2O3. The van der Waals surface area contributed by atoms with Crippen LogP contribution in [0.3, 0.4) is 0 Å². The van der Waals surface area contributed by atoms with Crippen LogP contribution in [0.25, 0.3) is 11.1 Å². The Hall–Kier alpha value is -1.75. The number of halogens is 1. The predicted molar refractivity (Wildman–Crippen MR) is 68.9 cm³/mol. The number of fused-ring (bicyclic) bond motifs is 1. The number of benzene rings is 1. The Labute approximate surface area is 108 Å². The average molecular weight is 269 g/mol. The zero-order valence-electron chi connectivity index (χ0n) is 9.90. The van der Waals surface area contributed by atoms with Crippen LogP contribution in [-0.2, 0) is 18.3 Å². The number of carbonyl (C=O) groups excluding carboxylic acids is 1. The molecule has 1 amide bonds. The molecule has 0 spiro atoms. The van der Waals surface area contributed by atoms with Gasteiger partial charge in [-0.25, -0.2) is 4.79 Å². The van der Waals surface area contributed by atoms with E-state index in [0.29, 0.717) is 18.5 Å². The number of alkyl halides is 1. The topological polar surface area (TPSA) is 64.2 Å². The van der Waals surface area contributed by atoms with Crippen molar-refractivity contribution in [1.29, 1.82) is 0 Å². The Balaban J connectivity index is 2.12. The number of nitrogens with zero attached hydrogens (tertiary/aromatic N) is 1. The summed E-state index contributed by atoms with van der Waals surface area (Å²) in [5.41, 5.74) is 2.34. The molecular weight excluding hydrogens is 256 g/mol. The van der Waals surface area contributed by atoms with Crippen LogP contribution in [-0.4, -0.2) is 22.9 Å². The molecule has 0 saturated heterocycles. The highest BCUT2D eigenvalue weighted by Crippen LogP contribution is 2.14. The van der Waals surface area contributed by atoms with Gasteiger partial charge in [-0.05, 0) is 24.1 Å². The van der Waals surface area contributed by atoms with E-state index in [0.717, 1.165) is 11.1 Å². The zero-order valence-corrected chi connectivity index (χ0v) is 10.7. The molecule has 1 N–H and O–H groups in total. The highest BCUT2D eigenvalue weighted by Gasteiger charge is 2.06. The smallest absolute Gasteiger partial charge is 0.408 e. The van der Waals surface area contributed by atoms with Crippen LogP contribution in [0, 0.1) is 0 Å². The first-order chi connectivity index (χ1) is 8.61. The summed E-state index contributed by atoms with van der Waals surface area (Å²) in [6, 6.07) is 5.51. The largest absolute Gasteiger partial charge is 0.419 e. The molecule has 0 atom stereocenters. The summed E-state index contributed by atoms with van der Waals surface area (Å²) >= 11 is 5.37. The van der Waals surface area contributed by atoms with Crippen LogP contribution in [0.5, 0.6) is 0 Å². The summed E-state index contributed by atoms with van der Waals surface area (Å²) in [6.45, 7) is 0.517. The van der Waals surface area contributed by atoms with E-state index in [1.165, 1.54) is 4.57 Å². The van der Waals surface area contributed by atoms with Crippen molar-refractivity contribution in [1.82, 2.24) is 9.88 Å². The van der Waals surface area contributed by atoms with Crippen molar-refractivity contribution in [3.05, 3.63) is 34.3 Å². The maximum Gasteiger partial charge on any atom is 0.419 e. The Morgan fingerprint density at radius 2 is 2.28 bits per heavy atom. The fourth-order valence-electron chi connectivity index (χ4n) is 1.72. The van der Waals surface area contributed by atoms with Gasteiger partial charge in [0.15, 0.2) is 5.58 Å². The molecule has 1 heterocycles. The Kier molecular flexibility index (Phi) is 3.72. The minimum absolute atomic E-state index is 0.0325. The Bertz CT molecular complexity index is 630. The summed E-state index contributed by atoms with van der Waals surface area (Å²) < 4.78 is 6.49. The van der Waals surface area contributed by atoms with Crippen molar-refractivity contribution in [2.24, 2.45) is 7.05 Å². The van der Waals surface area contributed by atoms with Crippen molar-refractivity contribution in [2.45, 2.75) is 6.42 Å². The molecule has 0 aliphatic heterocycles. The van der Waals surface area contributed by atoms with Crippen molar-refractivity contribution in [2.75, 3.05) is 12.4 Å². The number of oxazole rings is 1. The van der Waals surface area contributed by atoms with Crippen molar-refractivity contribution in [3.63, 3.8) is 0 Å². The van der Waals surface area contributed by atoms with Gasteiger partial charge in [-0.15, -0.1) is 11.6 Å². The third-order valence-corrected chi connectivity index (χ3v) is 2.96. The van der Waals surface area contributed by atoms with E-state index >= 15 is 0 Å². The van der Waals surface area contributed by atoms with Gasteiger partial charge in [0.05, 0.1) is 5.52 Å². The second-order valence-corrected chi connectivity index (χ2v) is 4.23. The standard InChI is InChI=1S/C12H13ClN2O3/c1-15-9-6-8(4-5-14-11(16)7-13)2-3-10(9)18-12(15)17/h2-3,6H,4-5,7H2,1H3,(H,14,16). The lowest BCUT2D eigenvalue weighted by molar-refractivity contribution is -0.118. The lowest BCUT2D eigenvalue weighted by Crippen LogP contribution is -2.26. The van der Waals surface area contributed by atoms with Crippen molar-refractivity contribution < 1.29 is 9.21 Å². The van der Waals surface area contributed by atoms with E-state index in [1.54, 1.807) is 13.1 Å². The van der Waals surface area contributed by atoms with E-state index in [1.807, 2.05) is 12.1 Å². The molecule has 0 aliphatic carbocycles. The zero-order chi connectivity index (χ0) is 13.1. The number of carbonyl (C=O) groups is 1. The maximum absolute atomic E-state index is 11.3. The maximum atomic E-state index is 11.3. The lowest BCUT2D eigenvalue weighted by atomic mass is 10.1. The van der Waals surface area contributed by atoms with E-state index < -0.39 is 0 Å². The average Bonchev–Trinajstić information content (AvgIpc) is 2.65. The number of rotatable bonds is 4. The number of amides is 1. The van der Waals surface area contributed by atoms with Gasteiger partial charge in [-0.1, -0.05) is 6.07 Å². The second kappa shape index (κ2) is 5.27. The molecule has 6 heteroatoms. The first-order valence-corrected chi connectivity index (χ1v) is 6.06. The third-order valence-electron chi connectivity index (χ3n) is 2.71. The molecule has 0 fully saturated rings. The van der Waals surface area contributed by atoms with Crippen LogP contribution in [0.2, 0.25) is 0 Å². The van der Waals surface area contributed by atoms with Crippen LogP contribution < -0.4 is 11.1 Å². The molecule has 2 aromatic rings. The van der Waals surface area contributed by atoms with Gasteiger partial charge in [-0.2, -0.15) is 0 Å². The van der Waals surface area contributed by atoms with E-state index in [9.17, 15) is 9.59 Å². The minimum atomic E-state index is -0.377. The van der Waals surface area contributed by atoms with Gasteiger partial charge in [0.1, 0.15) is 5.88 Å². The van der Waals surface area contributed by atoms with Gasteiger partial charge < -0.3 is 9.73 Å². The molecule has 0 saturated carbocycles. The molecule has 5 nitrogen and oxygen atoms in total. The number of hydrogen-bond donors (Lipinski definition) is 1. The van der Waals surface area contributed by atoms with Gasteiger partial charge >= 0.3 is 5.76 Å². The fourth-order valence-corrected chi connectivity index (χ4v) is 1.82. The monoisotopic (exact) mass is 268 g/mol. The van der Waals surface area contributed by atoms with Crippen LogP contribution in [0.4, 0.5) is 0 Å². The van der Waals surface area contributed by atoms with Crippen LogP contribution in [0.15, 0.2) is 27.4 Å². The lowest BCUT2D eigenvalue weighted by Gasteiger charge is -2.03. The highest BCUT2D eigenvalue weighted by atomic mass is 35.5. The van der Waals surface area contributed by atoms with Gasteiger partial charge in [0.2, 0.25) is 5.91 Å². The second-order valence-electron chi connectivity index (χ2n) is 3.96. The molecule has 18 heavy (non-hydrogen) atoms. The van der Waals surface area contributed by atoms with Crippen molar-refractivity contribution in [3.8, 4) is 0 Å². The first kappa shape index (κ1) is 12.7. The molecule has 0 radical (unpaired) electrons. The van der Waals surface area contributed by atoms with Gasteiger partial charge in [0.25, 0.3) is 0 Å². The highest BCUT2D eigenvalue weighted by molar-refractivity contribution is 6.27. The van der Waals surface area contributed by atoms with Crippen LogP contribution >= 0.6 is 11.6 Å². The molecule has 1 aromatic carbocycles. The van der Waals surface area contributed by atoms with Crippen LogP contribution in [0.1, 0.15) is 5.56 Å². The number of nitrogens with one attached hydrogen (secondary N) is 1. The molecule has 96 valence electrons. The van der Waals surface area contributed by atoms with E-state index in [4.69, 9.17) is 16.0 Å². The fraction of sp³-hybridized carbons (Fsp3) is 0.333. The number of aryl methyl sites for hydroxylation is 1. The Morgan fingerprint density at radius 1 is 1.50 bits per heavy atom. The minimum Gasteiger partial charge on any atom is -0.408 e. The normalized spacial score (nSPS) is 10.8. The molecule has 0 bridgehead atoms. The molecule has 0 aliphatic rings. The predicted octanol–water partition coefficient (Wildman–Crippen LogP) is 1.03. The first-order valence-electron chi connectivity index (χ1n) is 5.53. The van der Waals surface area contributed by atoms with Crippen molar-refractivity contribution >= 4 is 28.6 Å².